The molecule has 2 heterocycles. The van der Waals surface area contributed by atoms with Gasteiger partial charge in [-0.1, -0.05) is 0 Å². The van der Waals surface area contributed by atoms with E-state index >= 15 is 0 Å². The molecule has 0 N–H and O–H groups in total. The quantitative estimate of drug-likeness (QED) is 0.651. The van der Waals surface area contributed by atoms with Gasteiger partial charge >= 0.3 is 0 Å². The van der Waals surface area contributed by atoms with Crippen LogP contribution in [0, 0.1) is 0 Å². The lowest BCUT2D eigenvalue weighted by Gasteiger charge is -2.07. The fraction of sp³-hybridized carbons (Fsp3) is 0.400. The Balaban J connectivity index is 2.30. The van der Waals surface area contributed by atoms with Crippen molar-refractivity contribution < 1.29 is 4.74 Å². The monoisotopic (exact) mass is 176 g/mol. The van der Waals surface area contributed by atoms with E-state index in [-0.39, 0.29) is 5.54 Å². The highest BCUT2D eigenvalue weighted by atomic mass is 16.5. The van der Waals surface area contributed by atoms with Gasteiger partial charge in [-0.3, -0.25) is 4.98 Å². The third-order valence-electron chi connectivity index (χ3n) is 1.89. The molecule has 13 heavy (non-hydrogen) atoms. The van der Waals surface area contributed by atoms with Gasteiger partial charge in [-0.25, -0.2) is 4.99 Å². The zero-order valence-corrected chi connectivity index (χ0v) is 7.82. The third-order valence-corrected chi connectivity index (χ3v) is 1.89. The molecule has 0 bridgehead atoms. The van der Waals surface area contributed by atoms with Crippen molar-refractivity contribution in [3.8, 4) is 0 Å². The number of hydrogen-bond acceptors (Lipinski definition) is 3. The van der Waals surface area contributed by atoms with Crippen LogP contribution in [0.3, 0.4) is 0 Å². The second kappa shape index (κ2) is 2.83. The summed E-state index contributed by atoms with van der Waals surface area (Å²) >= 11 is 0. The molecule has 0 radical (unpaired) electrons. The van der Waals surface area contributed by atoms with E-state index in [4.69, 9.17) is 4.74 Å². The van der Waals surface area contributed by atoms with Crippen LogP contribution in [-0.4, -0.2) is 23.0 Å². The summed E-state index contributed by atoms with van der Waals surface area (Å²) in [7, 11) is 0. The first kappa shape index (κ1) is 8.23. The summed E-state index contributed by atoms with van der Waals surface area (Å²) in [4.78, 5) is 8.40. The zero-order valence-electron chi connectivity index (χ0n) is 7.82. The predicted octanol–water partition coefficient (Wildman–Crippen LogP) is 1.64. The van der Waals surface area contributed by atoms with Crippen molar-refractivity contribution in [2.45, 2.75) is 19.4 Å². The third kappa shape index (κ3) is 1.69. The van der Waals surface area contributed by atoms with Crippen molar-refractivity contribution in [1.82, 2.24) is 4.98 Å². The van der Waals surface area contributed by atoms with Gasteiger partial charge in [0.15, 0.2) is 0 Å². The van der Waals surface area contributed by atoms with E-state index in [1.54, 1.807) is 12.4 Å². The van der Waals surface area contributed by atoms with Crippen molar-refractivity contribution in [3.05, 3.63) is 30.1 Å². The normalized spacial score (nSPS) is 19.4. The highest BCUT2D eigenvalue weighted by Gasteiger charge is 2.26. The average molecular weight is 176 g/mol. The summed E-state index contributed by atoms with van der Waals surface area (Å²) in [6, 6.07) is 3.81. The number of hydrogen-bond donors (Lipinski definition) is 0. The molecule has 0 fully saturated rings. The molecule has 3 nitrogen and oxygen atoms in total. The van der Waals surface area contributed by atoms with Crippen LogP contribution in [0.2, 0.25) is 0 Å². The van der Waals surface area contributed by atoms with E-state index in [2.05, 4.69) is 23.8 Å². The van der Waals surface area contributed by atoms with Gasteiger partial charge in [0, 0.05) is 18.0 Å². The number of ether oxygens (including phenoxy) is 1. The first-order valence-electron chi connectivity index (χ1n) is 4.30. The SMILES string of the molecule is CC1(C)COC(c2ccncc2)=N1. The largest absolute Gasteiger partial charge is 0.475 e. The lowest BCUT2D eigenvalue weighted by Crippen LogP contribution is -2.17. The van der Waals surface area contributed by atoms with E-state index in [0.29, 0.717) is 6.61 Å². The van der Waals surface area contributed by atoms with Gasteiger partial charge in [0.2, 0.25) is 5.90 Å². The predicted molar refractivity (Wildman–Crippen MR) is 50.8 cm³/mol. The fourth-order valence-corrected chi connectivity index (χ4v) is 1.23. The van der Waals surface area contributed by atoms with Crippen LogP contribution in [0.4, 0.5) is 0 Å². The molecule has 1 aromatic heterocycles. The van der Waals surface area contributed by atoms with Crippen molar-refractivity contribution in [3.63, 3.8) is 0 Å². The second-order valence-corrected chi connectivity index (χ2v) is 3.75. The number of nitrogens with zero attached hydrogens (tertiary/aromatic N) is 2. The van der Waals surface area contributed by atoms with E-state index < -0.39 is 0 Å². The van der Waals surface area contributed by atoms with Crippen LogP contribution in [-0.2, 0) is 4.74 Å². The Morgan fingerprint density at radius 2 is 2.00 bits per heavy atom. The Hall–Kier alpha value is -1.38. The van der Waals surface area contributed by atoms with Crippen molar-refractivity contribution in [1.29, 1.82) is 0 Å². The molecule has 1 aliphatic rings. The minimum absolute atomic E-state index is 0.0847. The van der Waals surface area contributed by atoms with E-state index in [1.165, 1.54) is 0 Å². The Bertz CT molecular complexity index is 330. The van der Waals surface area contributed by atoms with Crippen LogP contribution >= 0.6 is 0 Å². The van der Waals surface area contributed by atoms with E-state index in [1.807, 2.05) is 12.1 Å². The van der Waals surface area contributed by atoms with E-state index in [9.17, 15) is 0 Å². The van der Waals surface area contributed by atoms with Crippen LogP contribution < -0.4 is 0 Å². The summed E-state index contributed by atoms with van der Waals surface area (Å²) in [6.45, 7) is 4.77. The molecule has 0 amide bonds. The van der Waals surface area contributed by atoms with Gasteiger partial charge in [0.1, 0.15) is 6.61 Å². The maximum Gasteiger partial charge on any atom is 0.216 e. The van der Waals surface area contributed by atoms with Gasteiger partial charge in [-0.15, -0.1) is 0 Å². The molecular weight excluding hydrogens is 164 g/mol. The van der Waals surface area contributed by atoms with Crippen molar-refractivity contribution >= 4 is 5.90 Å². The molecule has 68 valence electrons. The Labute approximate surface area is 77.5 Å². The number of pyridine rings is 1. The molecule has 1 aliphatic heterocycles. The average Bonchev–Trinajstić information content (AvgIpc) is 2.48. The first-order chi connectivity index (χ1) is 6.17. The summed E-state index contributed by atoms with van der Waals surface area (Å²) in [5, 5.41) is 0. The zero-order chi connectivity index (χ0) is 9.31. The summed E-state index contributed by atoms with van der Waals surface area (Å²) in [5.41, 5.74) is 0.916. The number of aliphatic imine (C=N–C) groups is 1. The number of rotatable bonds is 1. The Morgan fingerprint density at radius 3 is 2.54 bits per heavy atom. The first-order valence-corrected chi connectivity index (χ1v) is 4.30. The van der Waals surface area contributed by atoms with Gasteiger partial charge in [-0.2, -0.15) is 0 Å². The number of aromatic nitrogens is 1. The molecule has 0 spiro atoms. The van der Waals surface area contributed by atoms with Gasteiger partial charge < -0.3 is 4.74 Å². The topological polar surface area (TPSA) is 34.5 Å². The van der Waals surface area contributed by atoms with Crippen LogP contribution in [0.1, 0.15) is 19.4 Å². The molecule has 3 heteroatoms. The molecular formula is C10H12N2O. The molecule has 0 atom stereocenters. The maximum absolute atomic E-state index is 5.48. The van der Waals surface area contributed by atoms with Crippen LogP contribution in [0.25, 0.3) is 0 Å². The van der Waals surface area contributed by atoms with Gasteiger partial charge in [0.25, 0.3) is 0 Å². The molecule has 0 unspecified atom stereocenters. The second-order valence-electron chi connectivity index (χ2n) is 3.75. The summed E-state index contributed by atoms with van der Waals surface area (Å²) < 4.78 is 5.48. The molecule has 0 aliphatic carbocycles. The fourth-order valence-electron chi connectivity index (χ4n) is 1.23. The van der Waals surface area contributed by atoms with Gasteiger partial charge in [-0.05, 0) is 26.0 Å². The Morgan fingerprint density at radius 1 is 1.31 bits per heavy atom. The highest BCUT2D eigenvalue weighted by molar-refractivity contribution is 5.95. The standard InChI is InChI=1S/C10H12N2O/c1-10(2)7-13-9(12-10)8-3-5-11-6-4-8/h3-6H,7H2,1-2H3. The highest BCUT2D eigenvalue weighted by Crippen LogP contribution is 2.19. The molecule has 2 rings (SSSR count). The maximum atomic E-state index is 5.48. The smallest absolute Gasteiger partial charge is 0.216 e. The molecule has 0 aromatic carbocycles. The van der Waals surface area contributed by atoms with Crippen molar-refractivity contribution in [2.75, 3.05) is 6.61 Å². The van der Waals surface area contributed by atoms with E-state index in [0.717, 1.165) is 11.5 Å². The van der Waals surface area contributed by atoms with Gasteiger partial charge in [0.05, 0.1) is 5.54 Å². The molecule has 0 saturated carbocycles. The Kier molecular flexibility index (Phi) is 1.79. The van der Waals surface area contributed by atoms with Crippen LogP contribution in [0.15, 0.2) is 29.5 Å². The summed E-state index contributed by atoms with van der Waals surface area (Å²) in [6.07, 6.45) is 3.49. The molecule has 0 saturated heterocycles. The minimum Gasteiger partial charge on any atom is -0.475 e. The van der Waals surface area contributed by atoms with Crippen LogP contribution in [0.5, 0.6) is 0 Å². The lowest BCUT2D eigenvalue weighted by molar-refractivity contribution is 0.279. The summed E-state index contributed by atoms with van der Waals surface area (Å²) in [5.74, 6) is 0.729. The minimum atomic E-state index is -0.0847. The lowest BCUT2D eigenvalue weighted by atomic mass is 10.1. The molecule has 1 aromatic rings. The van der Waals surface area contributed by atoms with Crippen molar-refractivity contribution in [2.24, 2.45) is 4.99 Å².